The summed E-state index contributed by atoms with van der Waals surface area (Å²) in [5.74, 6) is -0.0237. The Morgan fingerprint density at radius 2 is 1.50 bits per heavy atom. The first-order valence-corrected chi connectivity index (χ1v) is 6.05. The van der Waals surface area contributed by atoms with Crippen molar-refractivity contribution in [2.24, 2.45) is 0 Å². The highest BCUT2D eigenvalue weighted by molar-refractivity contribution is 5.74. The molecule has 0 heterocycles. The zero-order valence-corrected chi connectivity index (χ0v) is 10.7. The molecule has 1 atom stereocenters. The van der Waals surface area contributed by atoms with Crippen molar-refractivity contribution in [3.8, 4) is 0 Å². The van der Waals surface area contributed by atoms with Crippen molar-refractivity contribution in [3.05, 3.63) is 71.3 Å². The highest BCUT2D eigenvalue weighted by Gasteiger charge is 2.14. The zero-order chi connectivity index (χ0) is 13.0. The second-order valence-electron chi connectivity index (χ2n) is 4.45. The van der Waals surface area contributed by atoms with Gasteiger partial charge < -0.3 is 5.32 Å². The van der Waals surface area contributed by atoms with Gasteiger partial charge in [0.25, 0.3) is 0 Å². The third-order valence-electron chi connectivity index (χ3n) is 2.89. The van der Waals surface area contributed by atoms with Gasteiger partial charge in [0, 0.05) is 6.92 Å². The van der Waals surface area contributed by atoms with Crippen molar-refractivity contribution >= 4 is 5.91 Å². The van der Waals surface area contributed by atoms with Gasteiger partial charge in [-0.3, -0.25) is 4.79 Å². The predicted molar refractivity (Wildman–Crippen MR) is 73.3 cm³/mol. The average Bonchev–Trinajstić information content (AvgIpc) is 2.38. The predicted octanol–water partition coefficient (Wildman–Crippen LogP) is 3.22. The Morgan fingerprint density at radius 3 is 2.06 bits per heavy atom. The quantitative estimate of drug-likeness (QED) is 0.875. The van der Waals surface area contributed by atoms with Crippen LogP contribution in [-0.2, 0) is 4.79 Å². The third kappa shape index (κ3) is 2.98. The molecule has 2 heteroatoms. The van der Waals surface area contributed by atoms with Crippen LogP contribution in [0, 0.1) is 6.92 Å². The van der Waals surface area contributed by atoms with Gasteiger partial charge in [-0.15, -0.1) is 0 Å². The van der Waals surface area contributed by atoms with E-state index in [2.05, 4.69) is 36.5 Å². The van der Waals surface area contributed by atoms with Gasteiger partial charge in [0.2, 0.25) is 5.91 Å². The molecule has 0 saturated carbocycles. The zero-order valence-electron chi connectivity index (χ0n) is 10.7. The molecule has 0 saturated heterocycles. The van der Waals surface area contributed by atoms with Gasteiger partial charge in [0.15, 0.2) is 0 Å². The van der Waals surface area contributed by atoms with Crippen molar-refractivity contribution in [1.82, 2.24) is 5.32 Å². The molecule has 2 nitrogen and oxygen atoms in total. The third-order valence-corrected chi connectivity index (χ3v) is 2.89. The van der Waals surface area contributed by atoms with Crippen LogP contribution in [0.5, 0.6) is 0 Å². The van der Waals surface area contributed by atoms with E-state index in [1.807, 2.05) is 30.3 Å². The number of amides is 1. The van der Waals surface area contributed by atoms with Crippen LogP contribution in [0.3, 0.4) is 0 Å². The van der Waals surface area contributed by atoms with Gasteiger partial charge in [-0.05, 0) is 18.1 Å². The van der Waals surface area contributed by atoms with Crippen LogP contribution in [0.15, 0.2) is 54.6 Å². The minimum absolute atomic E-state index is 0.0237. The van der Waals surface area contributed by atoms with Crippen molar-refractivity contribution in [3.63, 3.8) is 0 Å². The molecule has 92 valence electrons. The molecule has 0 aliphatic carbocycles. The summed E-state index contributed by atoms with van der Waals surface area (Å²) in [6.45, 7) is 3.60. The number of benzene rings is 2. The molecule has 0 fully saturated rings. The van der Waals surface area contributed by atoms with E-state index in [0.29, 0.717) is 0 Å². The summed E-state index contributed by atoms with van der Waals surface area (Å²) in [4.78, 5) is 11.4. The van der Waals surface area contributed by atoms with Gasteiger partial charge in [-0.2, -0.15) is 0 Å². The normalized spacial score (nSPS) is 11.9. The maximum absolute atomic E-state index is 11.4. The summed E-state index contributed by atoms with van der Waals surface area (Å²) in [5, 5.41) is 2.99. The minimum Gasteiger partial charge on any atom is -0.345 e. The Hall–Kier alpha value is -2.09. The molecule has 0 aliphatic rings. The number of nitrogens with one attached hydrogen (secondary N) is 1. The molecule has 0 aliphatic heterocycles. The SMILES string of the molecule is CC(=O)NC(c1ccccc1)c1ccc(C)cc1. The lowest BCUT2D eigenvalue weighted by molar-refractivity contribution is -0.119. The first-order chi connectivity index (χ1) is 8.66. The van der Waals surface area contributed by atoms with E-state index < -0.39 is 0 Å². The highest BCUT2D eigenvalue weighted by Crippen LogP contribution is 2.22. The molecule has 0 bridgehead atoms. The molecule has 0 radical (unpaired) electrons. The van der Waals surface area contributed by atoms with Gasteiger partial charge in [0.05, 0.1) is 6.04 Å². The van der Waals surface area contributed by atoms with E-state index in [0.717, 1.165) is 11.1 Å². The van der Waals surface area contributed by atoms with Gasteiger partial charge in [0.1, 0.15) is 0 Å². The first kappa shape index (κ1) is 12.4. The highest BCUT2D eigenvalue weighted by atomic mass is 16.1. The molecule has 2 aromatic carbocycles. The van der Waals surface area contributed by atoms with Crippen LogP contribution in [0.2, 0.25) is 0 Å². The molecule has 18 heavy (non-hydrogen) atoms. The Kier molecular flexibility index (Phi) is 3.78. The Bertz CT molecular complexity index is 517. The summed E-state index contributed by atoms with van der Waals surface area (Å²) in [5.41, 5.74) is 3.41. The van der Waals surface area contributed by atoms with Crippen LogP contribution in [0.25, 0.3) is 0 Å². The molecule has 1 amide bonds. The van der Waals surface area contributed by atoms with E-state index in [4.69, 9.17) is 0 Å². The minimum atomic E-state index is -0.0794. The Balaban J connectivity index is 2.36. The summed E-state index contributed by atoms with van der Waals surface area (Å²) >= 11 is 0. The fraction of sp³-hybridized carbons (Fsp3) is 0.188. The number of hydrogen-bond donors (Lipinski definition) is 1. The summed E-state index contributed by atoms with van der Waals surface area (Å²) in [6, 6.07) is 18.2. The molecular weight excluding hydrogens is 222 g/mol. The number of aryl methyl sites for hydroxylation is 1. The molecule has 2 aromatic rings. The Labute approximate surface area is 108 Å². The summed E-state index contributed by atoms with van der Waals surface area (Å²) < 4.78 is 0. The number of carbonyl (C=O) groups is 1. The lowest BCUT2D eigenvalue weighted by Crippen LogP contribution is -2.26. The number of hydrogen-bond acceptors (Lipinski definition) is 1. The van der Waals surface area contributed by atoms with Gasteiger partial charge >= 0.3 is 0 Å². The topological polar surface area (TPSA) is 29.1 Å². The molecule has 1 N–H and O–H groups in total. The monoisotopic (exact) mass is 239 g/mol. The summed E-state index contributed by atoms with van der Waals surface area (Å²) in [6.07, 6.45) is 0. The molecule has 1 unspecified atom stereocenters. The second kappa shape index (κ2) is 5.50. The van der Waals surface area contributed by atoms with Crippen LogP contribution < -0.4 is 5.32 Å². The fourth-order valence-corrected chi connectivity index (χ4v) is 1.97. The van der Waals surface area contributed by atoms with Crippen LogP contribution in [-0.4, -0.2) is 5.91 Å². The van der Waals surface area contributed by atoms with E-state index in [-0.39, 0.29) is 11.9 Å². The molecule has 0 spiro atoms. The number of rotatable bonds is 3. The van der Waals surface area contributed by atoms with Crippen LogP contribution >= 0.6 is 0 Å². The van der Waals surface area contributed by atoms with Crippen LogP contribution in [0.4, 0.5) is 0 Å². The van der Waals surface area contributed by atoms with Crippen molar-refractivity contribution < 1.29 is 4.79 Å². The average molecular weight is 239 g/mol. The van der Waals surface area contributed by atoms with E-state index in [1.165, 1.54) is 5.56 Å². The maximum atomic E-state index is 11.4. The van der Waals surface area contributed by atoms with Crippen molar-refractivity contribution in [1.29, 1.82) is 0 Å². The molecular formula is C16H17NO. The Morgan fingerprint density at radius 1 is 0.944 bits per heavy atom. The second-order valence-corrected chi connectivity index (χ2v) is 4.45. The van der Waals surface area contributed by atoms with E-state index in [1.54, 1.807) is 6.92 Å². The first-order valence-electron chi connectivity index (χ1n) is 6.05. The van der Waals surface area contributed by atoms with E-state index in [9.17, 15) is 4.79 Å². The van der Waals surface area contributed by atoms with Crippen LogP contribution in [0.1, 0.15) is 29.7 Å². The van der Waals surface area contributed by atoms with Crippen molar-refractivity contribution in [2.75, 3.05) is 0 Å². The molecule has 2 rings (SSSR count). The standard InChI is InChI=1S/C16H17NO/c1-12-8-10-15(11-9-12)16(17-13(2)18)14-6-4-3-5-7-14/h3-11,16H,1-2H3,(H,17,18). The smallest absolute Gasteiger partial charge is 0.217 e. The fourth-order valence-electron chi connectivity index (χ4n) is 1.97. The maximum Gasteiger partial charge on any atom is 0.217 e. The number of carbonyl (C=O) groups excluding carboxylic acids is 1. The lowest BCUT2D eigenvalue weighted by atomic mass is 9.98. The largest absolute Gasteiger partial charge is 0.345 e. The van der Waals surface area contributed by atoms with Gasteiger partial charge in [-0.25, -0.2) is 0 Å². The lowest BCUT2D eigenvalue weighted by Gasteiger charge is -2.19. The van der Waals surface area contributed by atoms with Gasteiger partial charge in [-0.1, -0.05) is 60.2 Å². The molecule has 0 aromatic heterocycles. The van der Waals surface area contributed by atoms with E-state index >= 15 is 0 Å². The summed E-state index contributed by atoms with van der Waals surface area (Å²) in [7, 11) is 0. The van der Waals surface area contributed by atoms with Crippen molar-refractivity contribution in [2.45, 2.75) is 19.9 Å².